The lowest BCUT2D eigenvalue weighted by Gasteiger charge is -2.07. The highest BCUT2D eigenvalue weighted by atomic mass is 32.2. The minimum absolute atomic E-state index is 0.236. The van der Waals surface area contributed by atoms with E-state index in [9.17, 15) is 13.2 Å². The molecule has 0 fully saturated rings. The summed E-state index contributed by atoms with van der Waals surface area (Å²) in [6.07, 6.45) is 2.56. The molecule has 2 N–H and O–H groups in total. The largest absolute Gasteiger partial charge is 0.366 e. The third-order valence-electron chi connectivity index (χ3n) is 1.47. The first-order valence-electron chi connectivity index (χ1n) is 4.13. The first kappa shape index (κ1) is 10.9. The van der Waals surface area contributed by atoms with Crippen molar-refractivity contribution in [3.63, 3.8) is 0 Å². The third kappa shape index (κ3) is 2.43. The van der Waals surface area contributed by atoms with Crippen LogP contribution in [0.4, 0.5) is 0 Å². The summed E-state index contributed by atoms with van der Waals surface area (Å²) in [6.45, 7) is 3.38. The highest BCUT2D eigenvalue weighted by molar-refractivity contribution is 7.89. The maximum absolute atomic E-state index is 11.5. The third-order valence-corrected chi connectivity index (χ3v) is 3.15. The van der Waals surface area contributed by atoms with Crippen molar-refractivity contribution in [1.82, 2.24) is 9.71 Å². The van der Waals surface area contributed by atoms with Gasteiger partial charge in [0.1, 0.15) is 4.90 Å². The van der Waals surface area contributed by atoms with Gasteiger partial charge in [-0.1, -0.05) is 0 Å². The van der Waals surface area contributed by atoms with Crippen LogP contribution in [0.5, 0.6) is 0 Å². The van der Waals surface area contributed by atoms with E-state index < -0.39 is 15.5 Å². The zero-order valence-corrected chi connectivity index (χ0v) is 8.76. The lowest BCUT2D eigenvalue weighted by molar-refractivity contribution is 0.568. The molecule has 1 aromatic rings. The molecule has 6 heteroatoms. The van der Waals surface area contributed by atoms with Crippen LogP contribution in [0.25, 0.3) is 0 Å². The maximum Gasteiger partial charge on any atom is 0.246 e. The summed E-state index contributed by atoms with van der Waals surface area (Å²) in [6, 6.07) is 0.939. The Kier molecular flexibility index (Phi) is 3.07. The first-order chi connectivity index (χ1) is 6.43. The minimum Gasteiger partial charge on any atom is -0.366 e. The number of hydrogen-bond acceptors (Lipinski definition) is 3. The van der Waals surface area contributed by atoms with Gasteiger partial charge in [-0.15, -0.1) is 0 Å². The molecule has 0 spiro atoms. The number of aromatic nitrogens is 1. The molecule has 0 saturated heterocycles. The summed E-state index contributed by atoms with van der Waals surface area (Å²) in [5.41, 5.74) is -0.517. The van der Waals surface area contributed by atoms with Crippen molar-refractivity contribution < 1.29 is 8.42 Å². The van der Waals surface area contributed by atoms with Gasteiger partial charge in [-0.3, -0.25) is 4.79 Å². The quantitative estimate of drug-likeness (QED) is 0.750. The molecule has 1 heterocycles. The molecule has 0 atom stereocenters. The Morgan fingerprint density at radius 3 is 2.57 bits per heavy atom. The van der Waals surface area contributed by atoms with E-state index >= 15 is 0 Å². The van der Waals surface area contributed by atoms with Gasteiger partial charge in [-0.05, 0) is 13.8 Å². The normalized spacial score (nSPS) is 11.9. The average Bonchev–Trinajstić information content (AvgIpc) is 2.02. The number of rotatable bonds is 3. The number of pyridine rings is 1. The van der Waals surface area contributed by atoms with E-state index in [0.717, 1.165) is 0 Å². The van der Waals surface area contributed by atoms with Gasteiger partial charge < -0.3 is 4.98 Å². The highest BCUT2D eigenvalue weighted by Crippen LogP contribution is 2.00. The van der Waals surface area contributed by atoms with Gasteiger partial charge in [0.15, 0.2) is 0 Å². The topological polar surface area (TPSA) is 79.0 Å². The van der Waals surface area contributed by atoms with Gasteiger partial charge >= 0.3 is 0 Å². The average molecular weight is 216 g/mol. The molecule has 0 bridgehead atoms. The van der Waals surface area contributed by atoms with Gasteiger partial charge in [-0.2, -0.15) is 0 Å². The summed E-state index contributed by atoms with van der Waals surface area (Å²) >= 11 is 0. The molecular weight excluding hydrogens is 204 g/mol. The van der Waals surface area contributed by atoms with Crippen molar-refractivity contribution in [2.45, 2.75) is 24.8 Å². The van der Waals surface area contributed by atoms with Gasteiger partial charge in [0, 0.05) is 24.5 Å². The van der Waals surface area contributed by atoms with Crippen LogP contribution < -0.4 is 10.2 Å². The summed E-state index contributed by atoms with van der Waals surface area (Å²) in [5.74, 6) is 0. The van der Waals surface area contributed by atoms with Crippen molar-refractivity contribution >= 4 is 10.0 Å². The van der Waals surface area contributed by atoms with Crippen LogP contribution in [-0.2, 0) is 10.0 Å². The molecular formula is C8H12N2O3S. The van der Waals surface area contributed by atoms with Crippen molar-refractivity contribution in [1.29, 1.82) is 0 Å². The fourth-order valence-electron chi connectivity index (χ4n) is 0.985. The summed E-state index contributed by atoms with van der Waals surface area (Å²) < 4.78 is 25.4. The highest BCUT2D eigenvalue weighted by Gasteiger charge is 2.17. The molecule has 1 aromatic heterocycles. The monoisotopic (exact) mass is 216 g/mol. The number of sulfonamides is 1. The van der Waals surface area contributed by atoms with Crippen molar-refractivity contribution in [2.75, 3.05) is 0 Å². The van der Waals surface area contributed by atoms with Crippen LogP contribution in [-0.4, -0.2) is 19.4 Å². The fraction of sp³-hybridized carbons (Fsp3) is 0.375. The van der Waals surface area contributed by atoms with Crippen LogP contribution in [0.2, 0.25) is 0 Å². The van der Waals surface area contributed by atoms with Crippen LogP contribution in [0.15, 0.2) is 28.2 Å². The van der Waals surface area contributed by atoms with E-state index in [1.165, 1.54) is 18.5 Å². The maximum atomic E-state index is 11.5. The standard InChI is InChI=1S/C8H12N2O3S/c1-6(2)10-14(12,13)8-5-9-4-3-7(8)11/h3-6,10H,1-2H3,(H,9,11). The predicted octanol–water partition coefficient (Wildman–Crippen LogP) is 0.0616. The van der Waals surface area contributed by atoms with E-state index in [4.69, 9.17) is 0 Å². The summed E-state index contributed by atoms with van der Waals surface area (Å²) in [5, 5.41) is 0. The number of nitrogens with one attached hydrogen (secondary N) is 2. The second kappa shape index (κ2) is 3.93. The van der Waals surface area contributed by atoms with Crippen LogP contribution >= 0.6 is 0 Å². The van der Waals surface area contributed by atoms with E-state index in [2.05, 4.69) is 9.71 Å². The van der Waals surface area contributed by atoms with Crippen LogP contribution in [0.1, 0.15) is 13.8 Å². The molecule has 14 heavy (non-hydrogen) atoms. The van der Waals surface area contributed by atoms with Gasteiger partial charge in [0.05, 0.1) is 0 Å². The summed E-state index contributed by atoms with van der Waals surface area (Å²) in [7, 11) is -3.68. The molecule has 0 aliphatic heterocycles. The Morgan fingerprint density at radius 1 is 1.43 bits per heavy atom. The van der Waals surface area contributed by atoms with Gasteiger partial charge in [-0.25, -0.2) is 13.1 Å². The molecule has 0 radical (unpaired) electrons. The lowest BCUT2D eigenvalue weighted by Crippen LogP contribution is -2.33. The van der Waals surface area contributed by atoms with E-state index in [0.29, 0.717) is 0 Å². The molecule has 1 rings (SSSR count). The number of aromatic amines is 1. The molecule has 5 nitrogen and oxygen atoms in total. The first-order valence-corrected chi connectivity index (χ1v) is 5.61. The van der Waals surface area contributed by atoms with Crippen molar-refractivity contribution in [3.8, 4) is 0 Å². The molecule has 0 aliphatic rings. The number of H-pyrrole nitrogens is 1. The Hall–Kier alpha value is -1.14. The molecule has 0 aliphatic carbocycles. The molecule has 0 amide bonds. The molecule has 0 saturated carbocycles. The molecule has 0 unspecified atom stereocenters. The van der Waals surface area contributed by atoms with E-state index in [1.807, 2.05) is 0 Å². The fourth-order valence-corrected chi connectivity index (χ4v) is 2.29. The van der Waals surface area contributed by atoms with E-state index in [-0.39, 0.29) is 10.9 Å². The summed E-state index contributed by atoms with van der Waals surface area (Å²) in [4.78, 5) is 13.5. The minimum atomic E-state index is -3.68. The van der Waals surface area contributed by atoms with Crippen molar-refractivity contribution in [3.05, 3.63) is 28.7 Å². The SMILES string of the molecule is CC(C)NS(=O)(=O)c1c[nH]ccc1=O. The van der Waals surface area contributed by atoms with Crippen LogP contribution in [0.3, 0.4) is 0 Å². The number of hydrogen-bond donors (Lipinski definition) is 2. The second-order valence-corrected chi connectivity index (χ2v) is 4.83. The molecule has 78 valence electrons. The Labute approximate surface area is 82.2 Å². The van der Waals surface area contributed by atoms with Crippen molar-refractivity contribution in [2.24, 2.45) is 0 Å². The van der Waals surface area contributed by atoms with Gasteiger partial charge in [0.2, 0.25) is 15.5 Å². The second-order valence-electron chi connectivity index (χ2n) is 3.15. The smallest absolute Gasteiger partial charge is 0.246 e. The lowest BCUT2D eigenvalue weighted by atomic mass is 10.4. The zero-order valence-electron chi connectivity index (χ0n) is 7.94. The Balaban J connectivity index is 3.18. The molecule has 0 aromatic carbocycles. The Bertz CT molecular complexity index is 461. The predicted molar refractivity (Wildman–Crippen MR) is 52.5 cm³/mol. The van der Waals surface area contributed by atoms with Crippen LogP contribution in [0, 0.1) is 0 Å². The van der Waals surface area contributed by atoms with Gasteiger partial charge in [0.25, 0.3) is 0 Å². The van der Waals surface area contributed by atoms with E-state index in [1.54, 1.807) is 13.8 Å². The Morgan fingerprint density at radius 2 is 2.07 bits per heavy atom. The zero-order chi connectivity index (χ0) is 10.8.